The number of alkyl halides is 2. The molecule has 2 aromatic rings. The SMILES string of the molecule is COc1ccc(S(=O)(=O)N(C)Cc2ccc(OC)c(OC(F)F)c2)cc1Br. The average molecular weight is 466 g/mol. The van der Waals surface area contributed by atoms with Crippen LogP contribution in [0.15, 0.2) is 45.8 Å². The van der Waals surface area contributed by atoms with Gasteiger partial charge in [-0.3, -0.25) is 0 Å². The molecule has 0 saturated carbocycles. The normalized spacial score (nSPS) is 11.7. The third-order valence-electron chi connectivity index (χ3n) is 3.68. The highest BCUT2D eigenvalue weighted by Gasteiger charge is 2.23. The highest BCUT2D eigenvalue weighted by molar-refractivity contribution is 9.10. The average Bonchev–Trinajstić information content (AvgIpc) is 2.61. The van der Waals surface area contributed by atoms with Gasteiger partial charge in [-0.2, -0.15) is 13.1 Å². The molecule has 2 rings (SSSR count). The molecule has 0 atom stereocenters. The zero-order valence-corrected chi connectivity index (χ0v) is 17.2. The molecule has 0 N–H and O–H groups in total. The monoisotopic (exact) mass is 465 g/mol. The van der Waals surface area contributed by atoms with E-state index in [4.69, 9.17) is 9.47 Å². The van der Waals surface area contributed by atoms with Crippen LogP contribution in [0.25, 0.3) is 0 Å². The number of methoxy groups -OCH3 is 2. The van der Waals surface area contributed by atoms with Crippen LogP contribution in [0.1, 0.15) is 5.56 Å². The maximum Gasteiger partial charge on any atom is 0.387 e. The van der Waals surface area contributed by atoms with Gasteiger partial charge in [-0.05, 0) is 51.8 Å². The molecule has 2 aromatic carbocycles. The van der Waals surface area contributed by atoms with Crippen molar-refractivity contribution in [3.05, 3.63) is 46.4 Å². The second kappa shape index (κ2) is 8.85. The first kappa shape index (κ1) is 21.4. The molecule has 0 aliphatic rings. The molecule has 0 saturated heterocycles. The fraction of sp³-hybridized carbons (Fsp3) is 0.294. The Morgan fingerprint density at radius 2 is 1.67 bits per heavy atom. The summed E-state index contributed by atoms with van der Waals surface area (Å²) in [5, 5.41) is 0. The van der Waals surface area contributed by atoms with Crippen LogP contribution in [0.3, 0.4) is 0 Å². The van der Waals surface area contributed by atoms with Gasteiger partial charge in [-0.1, -0.05) is 6.07 Å². The topological polar surface area (TPSA) is 65.1 Å². The van der Waals surface area contributed by atoms with Crippen molar-refractivity contribution in [2.75, 3.05) is 21.3 Å². The van der Waals surface area contributed by atoms with Crippen LogP contribution in [0.4, 0.5) is 8.78 Å². The Bertz CT molecular complexity index is 908. The molecule has 0 heterocycles. The molecule has 27 heavy (non-hydrogen) atoms. The minimum atomic E-state index is -3.81. The summed E-state index contributed by atoms with van der Waals surface area (Å²) in [6, 6.07) is 8.73. The Morgan fingerprint density at radius 3 is 2.22 bits per heavy atom. The van der Waals surface area contributed by atoms with Gasteiger partial charge >= 0.3 is 6.61 Å². The second-order valence-electron chi connectivity index (χ2n) is 5.42. The van der Waals surface area contributed by atoms with E-state index < -0.39 is 16.6 Å². The molecule has 0 bridgehead atoms. The first-order chi connectivity index (χ1) is 12.7. The first-order valence-corrected chi connectivity index (χ1v) is 9.84. The van der Waals surface area contributed by atoms with Gasteiger partial charge in [0.2, 0.25) is 10.0 Å². The number of nitrogens with zero attached hydrogens (tertiary/aromatic N) is 1. The van der Waals surface area contributed by atoms with Gasteiger partial charge in [0, 0.05) is 13.6 Å². The standard InChI is InChI=1S/C17H18BrF2NO5S/c1-21(27(22,23)12-5-7-14(24-2)13(18)9-12)10-11-4-6-15(25-3)16(8-11)26-17(19)20/h4-9,17H,10H2,1-3H3. The quantitative estimate of drug-likeness (QED) is 0.591. The number of rotatable bonds is 8. The zero-order valence-electron chi connectivity index (χ0n) is 14.8. The number of ether oxygens (including phenoxy) is 3. The van der Waals surface area contributed by atoms with Gasteiger partial charge < -0.3 is 14.2 Å². The van der Waals surface area contributed by atoms with Crippen LogP contribution in [0.2, 0.25) is 0 Å². The Morgan fingerprint density at radius 1 is 1.04 bits per heavy atom. The highest BCUT2D eigenvalue weighted by Crippen LogP contribution is 2.31. The Balaban J connectivity index is 2.27. The number of benzene rings is 2. The minimum Gasteiger partial charge on any atom is -0.496 e. The van der Waals surface area contributed by atoms with E-state index in [1.165, 1.54) is 51.6 Å². The van der Waals surface area contributed by atoms with E-state index in [1.807, 2.05) is 0 Å². The molecule has 0 aliphatic carbocycles. The van der Waals surface area contributed by atoms with Crippen LogP contribution < -0.4 is 14.2 Å². The predicted octanol–water partition coefficient (Wildman–Crippen LogP) is 3.89. The number of hydrogen-bond acceptors (Lipinski definition) is 5. The lowest BCUT2D eigenvalue weighted by atomic mass is 10.2. The summed E-state index contributed by atoms with van der Waals surface area (Å²) in [4.78, 5) is 0.0650. The molecular weight excluding hydrogens is 448 g/mol. The molecule has 10 heteroatoms. The third kappa shape index (κ3) is 5.08. The smallest absolute Gasteiger partial charge is 0.387 e. The molecule has 0 amide bonds. The summed E-state index contributed by atoms with van der Waals surface area (Å²) in [5.74, 6) is 0.465. The van der Waals surface area contributed by atoms with Crippen molar-refractivity contribution in [3.8, 4) is 17.2 Å². The fourth-order valence-electron chi connectivity index (χ4n) is 2.34. The highest BCUT2D eigenvalue weighted by atomic mass is 79.9. The van der Waals surface area contributed by atoms with E-state index in [0.29, 0.717) is 15.8 Å². The van der Waals surface area contributed by atoms with Crippen molar-refractivity contribution < 1.29 is 31.4 Å². The van der Waals surface area contributed by atoms with E-state index in [2.05, 4.69) is 20.7 Å². The summed E-state index contributed by atoms with van der Waals surface area (Å²) in [6.45, 7) is -3.07. The van der Waals surface area contributed by atoms with Crippen LogP contribution in [0, 0.1) is 0 Å². The number of sulfonamides is 1. The van der Waals surface area contributed by atoms with E-state index in [-0.39, 0.29) is 22.9 Å². The molecule has 0 aromatic heterocycles. The molecule has 0 aliphatic heterocycles. The summed E-state index contributed by atoms with van der Waals surface area (Å²) in [6.07, 6.45) is 0. The summed E-state index contributed by atoms with van der Waals surface area (Å²) >= 11 is 3.25. The number of halogens is 3. The fourth-order valence-corrected chi connectivity index (χ4v) is 4.22. The summed E-state index contributed by atoms with van der Waals surface area (Å²) in [7, 11) is 0.386. The first-order valence-electron chi connectivity index (χ1n) is 7.60. The summed E-state index contributed by atoms with van der Waals surface area (Å²) < 4.78 is 66.7. The van der Waals surface area contributed by atoms with Gasteiger partial charge in [0.15, 0.2) is 11.5 Å². The largest absolute Gasteiger partial charge is 0.496 e. The maximum atomic E-state index is 12.8. The van der Waals surface area contributed by atoms with E-state index in [9.17, 15) is 17.2 Å². The summed E-state index contributed by atoms with van der Waals surface area (Å²) in [5.41, 5.74) is 0.463. The Labute approximate surface area is 164 Å². The van der Waals surface area contributed by atoms with Crippen LogP contribution in [-0.2, 0) is 16.6 Å². The predicted molar refractivity (Wildman–Crippen MR) is 99.0 cm³/mol. The Hall–Kier alpha value is -1.91. The van der Waals surface area contributed by atoms with Crippen molar-refractivity contribution in [3.63, 3.8) is 0 Å². The van der Waals surface area contributed by atoms with Crippen LogP contribution in [0.5, 0.6) is 17.2 Å². The zero-order chi connectivity index (χ0) is 20.2. The molecule has 148 valence electrons. The van der Waals surface area contributed by atoms with Gasteiger partial charge in [0.1, 0.15) is 5.75 Å². The lowest BCUT2D eigenvalue weighted by Crippen LogP contribution is -2.26. The van der Waals surface area contributed by atoms with E-state index in [0.717, 1.165) is 4.31 Å². The molecule has 6 nitrogen and oxygen atoms in total. The molecule has 0 fully saturated rings. The Kier molecular flexibility index (Phi) is 7.01. The van der Waals surface area contributed by atoms with Gasteiger partial charge in [-0.25, -0.2) is 8.42 Å². The lowest BCUT2D eigenvalue weighted by molar-refractivity contribution is -0.0512. The lowest BCUT2D eigenvalue weighted by Gasteiger charge is -2.19. The minimum absolute atomic E-state index is 0.0461. The van der Waals surface area contributed by atoms with E-state index in [1.54, 1.807) is 6.07 Å². The van der Waals surface area contributed by atoms with Crippen molar-refractivity contribution in [1.82, 2.24) is 4.31 Å². The molecule has 0 unspecified atom stereocenters. The third-order valence-corrected chi connectivity index (χ3v) is 6.10. The second-order valence-corrected chi connectivity index (χ2v) is 8.32. The van der Waals surface area contributed by atoms with Crippen molar-refractivity contribution >= 4 is 26.0 Å². The van der Waals surface area contributed by atoms with E-state index >= 15 is 0 Å². The molecule has 0 spiro atoms. The molecular formula is C17H18BrF2NO5S. The van der Waals surface area contributed by atoms with Crippen molar-refractivity contribution in [1.29, 1.82) is 0 Å². The number of hydrogen-bond donors (Lipinski definition) is 0. The van der Waals surface area contributed by atoms with Crippen LogP contribution >= 0.6 is 15.9 Å². The molecule has 0 radical (unpaired) electrons. The van der Waals surface area contributed by atoms with Crippen molar-refractivity contribution in [2.45, 2.75) is 18.1 Å². The van der Waals surface area contributed by atoms with Gasteiger partial charge in [-0.15, -0.1) is 0 Å². The van der Waals surface area contributed by atoms with Gasteiger partial charge in [0.25, 0.3) is 0 Å². The van der Waals surface area contributed by atoms with Crippen LogP contribution in [-0.4, -0.2) is 40.6 Å². The maximum absolute atomic E-state index is 12.8. The van der Waals surface area contributed by atoms with Crippen molar-refractivity contribution in [2.24, 2.45) is 0 Å². The van der Waals surface area contributed by atoms with Gasteiger partial charge in [0.05, 0.1) is 23.6 Å².